The van der Waals surface area contributed by atoms with Crippen molar-refractivity contribution in [1.82, 2.24) is 10.9 Å². The first-order valence-corrected chi connectivity index (χ1v) is 13.1. The molecule has 0 saturated carbocycles. The molecule has 0 saturated heterocycles. The van der Waals surface area contributed by atoms with Crippen molar-refractivity contribution in [2.45, 2.75) is 4.21 Å². The second-order valence-corrected chi connectivity index (χ2v) is 11.1. The molecule has 0 fully saturated rings. The van der Waals surface area contributed by atoms with Crippen LogP contribution in [0.15, 0.2) is 70.3 Å². The maximum absolute atomic E-state index is 12.6. The fraction of sp³-hybridized carbons (Fsp3) is 0.0526. The van der Waals surface area contributed by atoms with Crippen LogP contribution in [-0.4, -0.2) is 34.9 Å². The number of para-hydroxylation sites is 1. The fourth-order valence-electron chi connectivity index (χ4n) is 2.57. The van der Waals surface area contributed by atoms with Crippen molar-refractivity contribution in [3.8, 4) is 0 Å². The lowest BCUT2D eigenvalue weighted by Crippen LogP contribution is -2.42. The number of thiophene rings is 1. The molecule has 2 amide bonds. The standard InChI is InChI=1S/C19H18N4O6S3/c1-31(26,27)22-14-7-4-6-13(12-14)18(24)20-21-19(25)15-8-2-3-9-16(15)23-32(28,29)17-10-5-11-30-17/h2-12,22-23H,1H3,(H,20,24)(H,21,25). The number of amides is 2. The van der Waals surface area contributed by atoms with Gasteiger partial charge in [0.25, 0.3) is 21.8 Å². The second kappa shape index (κ2) is 9.38. The first-order chi connectivity index (χ1) is 15.0. The van der Waals surface area contributed by atoms with Crippen molar-refractivity contribution < 1.29 is 26.4 Å². The number of hydrogen-bond acceptors (Lipinski definition) is 7. The van der Waals surface area contributed by atoms with Gasteiger partial charge < -0.3 is 0 Å². The molecule has 3 rings (SSSR count). The SMILES string of the molecule is CS(=O)(=O)Nc1cccc(C(=O)NNC(=O)c2ccccc2NS(=O)(=O)c2cccs2)c1. The Morgan fingerprint density at radius 1 is 0.812 bits per heavy atom. The second-order valence-electron chi connectivity index (χ2n) is 6.45. The fourth-order valence-corrected chi connectivity index (χ4v) is 5.20. The number of rotatable bonds is 7. The third-order valence-electron chi connectivity index (χ3n) is 3.89. The van der Waals surface area contributed by atoms with Gasteiger partial charge >= 0.3 is 0 Å². The number of carbonyl (C=O) groups excluding carboxylic acids is 2. The molecule has 4 N–H and O–H groups in total. The molecule has 2 aromatic carbocycles. The maximum atomic E-state index is 12.6. The molecule has 0 aliphatic heterocycles. The van der Waals surface area contributed by atoms with Crippen molar-refractivity contribution >= 4 is 54.6 Å². The van der Waals surface area contributed by atoms with E-state index in [-0.39, 0.29) is 26.7 Å². The van der Waals surface area contributed by atoms with Gasteiger partial charge in [-0.1, -0.05) is 24.3 Å². The Morgan fingerprint density at radius 2 is 1.53 bits per heavy atom. The van der Waals surface area contributed by atoms with E-state index >= 15 is 0 Å². The summed E-state index contributed by atoms with van der Waals surface area (Å²) in [5, 5.41) is 1.61. The summed E-state index contributed by atoms with van der Waals surface area (Å²) in [6, 6.07) is 14.6. The Labute approximate surface area is 188 Å². The number of sulfonamides is 2. The molecule has 0 bridgehead atoms. The van der Waals surface area contributed by atoms with Gasteiger partial charge in [-0.15, -0.1) is 11.3 Å². The van der Waals surface area contributed by atoms with Gasteiger partial charge in [-0.25, -0.2) is 16.8 Å². The third kappa shape index (κ3) is 6.06. The van der Waals surface area contributed by atoms with Gasteiger partial charge in [0.15, 0.2) is 0 Å². The van der Waals surface area contributed by atoms with Gasteiger partial charge in [0, 0.05) is 11.3 Å². The number of hydrazine groups is 1. The van der Waals surface area contributed by atoms with Crippen LogP contribution in [-0.2, 0) is 20.0 Å². The van der Waals surface area contributed by atoms with Crippen molar-refractivity contribution in [1.29, 1.82) is 0 Å². The first-order valence-electron chi connectivity index (χ1n) is 8.89. The number of hydrogen-bond donors (Lipinski definition) is 4. The van der Waals surface area contributed by atoms with Crippen LogP contribution < -0.4 is 20.3 Å². The van der Waals surface area contributed by atoms with E-state index in [1.54, 1.807) is 23.6 Å². The summed E-state index contributed by atoms with van der Waals surface area (Å²) in [6.07, 6.45) is 0.976. The van der Waals surface area contributed by atoms with E-state index in [9.17, 15) is 26.4 Å². The van der Waals surface area contributed by atoms with E-state index in [1.807, 2.05) is 0 Å². The summed E-state index contributed by atoms with van der Waals surface area (Å²) in [5.41, 5.74) is 4.72. The Morgan fingerprint density at radius 3 is 2.22 bits per heavy atom. The van der Waals surface area contributed by atoms with Crippen LogP contribution in [0.1, 0.15) is 20.7 Å². The van der Waals surface area contributed by atoms with Gasteiger partial charge in [0.05, 0.1) is 17.5 Å². The molecule has 1 heterocycles. The highest BCUT2D eigenvalue weighted by atomic mass is 32.2. The van der Waals surface area contributed by atoms with E-state index in [0.717, 1.165) is 17.6 Å². The number of carbonyl (C=O) groups is 2. The number of benzene rings is 2. The Kier molecular flexibility index (Phi) is 6.81. The highest BCUT2D eigenvalue weighted by Crippen LogP contribution is 2.22. The van der Waals surface area contributed by atoms with Gasteiger partial charge in [0.2, 0.25) is 10.0 Å². The van der Waals surface area contributed by atoms with Gasteiger partial charge in [-0.2, -0.15) is 0 Å². The predicted molar refractivity (Wildman–Crippen MR) is 121 cm³/mol. The lowest BCUT2D eigenvalue weighted by molar-refractivity contribution is 0.0847. The van der Waals surface area contributed by atoms with Crippen molar-refractivity contribution in [3.63, 3.8) is 0 Å². The summed E-state index contributed by atoms with van der Waals surface area (Å²) in [7, 11) is -7.40. The molecule has 0 spiro atoms. The molecule has 0 radical (unpaired) electrons. The molecular formula is C19H18N4O6S3. The van der Waals surface area contributed by atoms with Crippen LogP contribution >= 0.6 is 11.3 Å². The van der Waals surface area contributed by atoms with E-state index in [0.29, 0.717) is 0 Å². The molecule has 10 nitrogen and oxygen atoms in total. The van der Waals surface area contributed by atoms with Crippen LogP contribution in [0.4, 0.5) is 11.4 Å². The highest BCUT2D eigenvalue weighted by Gasteiger charge is 2.20. The van der Waals surface area contributed by atoms with Crippen molar-refractivity contribution in [2.24, 2.45) is 0 Å². The van der Waals surface area contributed by atoms with Crippen LogP contribution in [0.2, 0.25) is 0 Å². The summed E-state index contributed by atoms with van der Waals surface area (Å²) in [4.78, 5) is 24.9. The van der Waals surface area contributed by atoms with Crippen LogP contribution in [0.3, 0.4) is 0 Å². The lowest BCUT2D eigenvalue weighted by Gasteiger charge is -2.13. The molecule has 168 valence electrons. The van der Waals surface area contributed by atoms with Crippen LogP contribution in [0.5, 0.6) is 0 Å². The topological polar surface area (TPSA) is 151 Å². The smallest absolute Gasteiger partial charge is 0.271 e. The van der Waals surface area contributed by atoms with Gasteiger partial charge in [-0.05, 0) is 41.8 Å². The third-order valence-corrected chi connectivity index (χ3v) is 7.26. The molecular weight excluding hydrogens is 476 g/mol. The molecule has 13 heteroatoms. The van der Waals surface area contributed by atoms with E-state index in [2.05, 4.69) is 20.3 Å². The van der Waals surface area contributed by atoms with Crippen molar-refractivity contribution in [3.05, 3.63) is 77.2 Å². The van der Waals surface area contributed by atoms with Gasteiger partial charge in [-0.3, -0.25) is 29.9 Å². The normalized spacial score (nSPS) is 11.4. The lowest BCUT2D eigenvalue weighted by atomic mass is 10.2. The Balaban J connectivity index is 1.71. The van der Waals surface area contributed by atoms with E-state index in [1.165, 1.54) is 42.5 Å². The molecule has 0 aliphatic rings. The molecule has 0 aliphatic carbocycles. The number of anilines is 2. The molecule has 0 atom stereocenters. The zero-order valence-corrected chi connectivity index (χ0v) is 19.0. The summed E-state index contributed by atoms with van der Waals surface area (Å²) < 4.78 is 52.3. The zero-order valence-electron chi connectivity index (χ0n) is 16.5. The Hall–Kier alpha value is -3.42. The van der Waals surface area contributed by atoms with E-state index < -0.39 is 31.9 Å². The minimum Gasteiger partial charge on any atom is -0.284 e. The minimum atomic E-state index is -3.87. The zero-order chi connectivity index (χ0) is 23.4. The summed E-state index contributed by atoms with van der Waals surface area (Å²) in [5.74, 6) is -1.46. The van der Waals surface area contributed by atoms with E-state index in [4.69, 9.17) is 0 Å². The summed E-state index contributed by atoms with van der Waals surface area (Å²) >= 11 is 1.03. The van der Waals surface area contributed by atoms with Crippen molar-refractivity contribution in [2.75, 3.05) is 15.7 Å². The molecule has 0 unspecified atom stereocenters. The van der Waals surface area contributed by atoms with Crippen LogP contribution in [0.25, 0.3) is 0 Å². The minimum absolute atomic E-state index is 0.0135. The predicted octanol–water partition coefficient (Wildman–Crippen LogP) is 2.00. The highest BCUT2D eigenvalue weighted by molar-refractivity contribution is 7.94. The molecule has 3 aromatic rings. The summed E-state index contributed by atoms with van der Waals surface area (Å²) in [6.45, 7) is 0. The van der Waals surface area contributed by atoms with Gasteiger partial charge in [0.1, 0.15) is 4.21 Å². The largest absolute Gasteiger partial charge is 0.284 e. The molecule has 1 aromatic heterocycles. The van der Waals surface area contributed by atoms with Crippen LogP contribution in [0, 0.1) is 0 Å². The first kappa shape index (κ1) is 23.2. The average molecular weight is 495 g/mol. The Bertz CT molecular complexity index is 1350. The number of nitrogens with one attached hydrogen (secondary N) is 4. The quantitative estimate of drug-likeness (QED) is 0.369. The average Bonchev–Trinajstić information content (AvgIpc) is 3.27. The maximum Gasteiger partial charge on any atom is 0.271 e. The monoisotopic (exact) mass is 494 g/mol. The molecule has 32 heavy (non-hydrogen) atoms.